The first kappa shape index (κ1) is 15.5. The van der Waals surface area contributed by atoms with Crippen LogP contribution in [0.5, 0.6) is 0 Å². The van der Waals surface area contributed by atoms with E-state index in [0.717, 1.165) is 24.2 Å². The molecular weight excluding hydrogens is 290 g/mol. The Kier molecular flexibility index (Phi) is 4.95. The molecule has 114 valence electrons. The molecule has 1 aromatic heterocycles. The summed E-state index contributed by atoms with van der Waals surface area (Å²) in [6.07, 6.45) is 5.10. The average Bonchev–Trinajstić information content (AvgIpc) is 2.98. The predicted molar refractivity (Wildman–Crippen MR) is 82.7 cm³/mol. The highest BCUT2D eigenvalue weighted by atomic mass is 32.1. The number of carbonyl (C=O) groups is 3. The maximum Gasteiger partial charge on any atom is 0.317 e. The fourth-order valence-electron chi connectivity index (χ4n) is 2.58. The molecule has 0 atom stereocenters. The third-order valence-corrected chi connectivity index (χ3v) is 4.53. The summed E-state index contributed by atoms with van der Waals surface area (Å²) in [5, 5.41) is 6.11. The van der Waals surface area contributed by atoms with Crippen LogP contribution in [0.25, 0.3) is 0 Å². The maximum atomic E-state index is 12.0. The number of rotatable bonds is 5. The van der Waals surface area contributed by atoms with E-state index >= 15 is 0 Å². The van der Waals surface area contributed by atoms with Crippen LogP contribution < -0.4 is 16.4 Å². The van der Waals surface area contributed by atoms with E-state index in [1.54, 1.807) is 6.07 Å². The van der Waals surface area contributed by atoms with Crippen LogP contribution in [0.15, 0.2) is 6.07 Å². The Morgan fingerprint density at radius 1 is 1.29 bits per heavy atom. The molecule has 0 aliphatic heterocycles. The van der Waals surface area contributed by atoms with Gasteiger partial charge in [-0.05, 0) is 31.7 Å². The number of ketones is 1. The summed E-state index contributed by atoms with van der Waals surface area (Å²) in [5.74, 6) is 0.218. The van der Waals surface area contributed by atoms with Gasteiger partial charge in [0, 0.05) is 6.42 Å². The summed E-state index contributed by atoms with van der Waals surface area (Å²) in [4.78, 5) is 34.4. The van der Waals surface area contributed by atoms with Crippen LogP contribution >= 0.6 is 11.3 Å². The minimum Gasteiger partial charge on any atom is -0.351 e. The zero-order valence-electron chi connectivity index (χ0n) is 11.9. The number of amides is 3. The van der Waals surface area contributed by atoms with E-state index in [4.69, 9.17) is 5.73 Å². The molecule has 1 saturated carbocycles. The maximum absolute atomic E-state index is 12.0. The van der Waals surface area contributed by atoms with Crippen molar-refractivity contribution in [1.29, 1.82) is 0 Å². The van der Waals surface area contributed by atoms with Crippen LogP contribution in [0.3, 0.4) is 0 Å². The molecule has 4 N–H and O–H groups in total. The highest BCUT2D eigenvalue weighted by molar-refractivity contribution is 7.20. The highest BCUT2D eigenvalue weighted by Crippen LogP contribution is 2.33. The summed E-state index contributed by atoms with van der Waals surface area (Å²) < 4.78 is 0. The summed E-state index contributed by atoms with van der Waals surface area (Å²) in [5.41, 5.74) is 5.43. The van der Waals surface area contributed by atoms with Crippen molar-refractivity contribution in [2.24, 2.45) is 11.7 Å². The number of hydrogen-bond acceptors (Lipinski definition) is 4. The first-order chi connectivity index (χ1) is 9.95. The molecule has 0 radical (unpaired) electrons. The molecule has 0 aromatic carbocycles. The molecule has 1 aliphatic carbocycles. The fourth-order valence-corrected chi connectivity index (χ4v) is 3.61. The zero-order valence-corrected chi connectivity index (χ0v) is 12.7. The SMILES string of the molecule is CC(=O)c1cc(NC(=O)CC2CCCC2)sc1NC(N)=O. The summed E-state index contributed by atoms with van der Waals surface area (Å²) >= 11 is 1.14. The van der Waals surface area contributed by atoms with Crippen molar-refractivity contribution in [3.8, 4) is 0 Å². The smallest absolute Gasteiger partial charge is 0.317 e. The standard InChI is InChI=1S/C14H19N3O3S/c1-8(18)10-7-12(21-13(10)17-14(15)20)16-11(19)6-9-4-2-3-5-9/h7,9H,2-6H2,1H3,(H,16,19)(H3,15,17,20). The van der Waals surface area contributed by atoms with Crippen molar-refractivity contribution in [1.82, 2.24) is 0 Å². The minimum atomic E-state index is -0.733. The van der Waals surface area contributed by atoms with Crippen molar-refractivity contribution in [2.75, 3.05) is 10.6 Å². The number of primary amides is 1. The molecule has 1 heterocycles. The molecular formula is C14H19N3O3S. The van der Waals surface area contributed by atoms with Gasteiger partial charge in [-0.15, -0.1) is 0 Å². The zero-order chi connectivity index (χ0) is 15.4. The first-order valence-electron chi connectivity index (χ1n) is 6.96. The number of hydrogen-bond donors (Lipinski definition) is 3. The van der Waals surface area contributed by atoms with E-state index in [-0.39, 0.29) is 11.7 Å². The van der Waals surface area contributed by atoms with Gasteiger partial charge in [0.1, 0.15) is 5.00 Å². The Hall–Kier alpha value is -1.89. The topological polar surface area (TPSA) is 101 Å². The Balaban J connectivity index is 2.03. The lowest BCUT2D eigenvalue weighted by Crippen LogP contribution is -2.19. The van der Waals surface area contributed by atoms with Crippen molar-refractivity contribution in [3.63, 3.8) is 0 Å². The molecule has 0 spiro atoms. The minimum absolute atomic E-state index is 0.0520. The molecule has 0 bridgehead atoms. The Morgan fingerprint density at radius 3 is 2.52 bits per heavy atom. The third kappa shape index (κ3) is 4.29. The van der Waals surface area contributed by atoms with Gasteiger partial charge in [-0.2, -0.15) is 0 Å². The fraction of sp³-hybridized carbons (Fsp3) is 0.500. The lowest BCUT2D eigenvalue weighted by atomic mass is 10.0. The van der Waals surface area contributed by atoms with Crippen LogP contribution in [-0.2, 0) is 4.79 Å². The number of urea groups is 1. The number of nitrogens with one attached hydrogen (secondary N) is 2. The third-order valence-electron chi connectivity index (χ3n) is 3.56. The van der Waals surface area contributed by atoms with Crippen LogP contribution in [0.4, 0.5) is 14.8 Å². The van der Waals surface area contributed by atoms with Crippen LogP contribution in [0, 0.1) is 5.92 Å². The largest absolute Gasteiger partial charge is 0.351 e. The summed E-state index contributed by atoms with van der Waals surface area (Å²) in [6, 6.07) is 0.841. The molecule has 3 amide bonds. The van der Waals surface area contributed by atoms with Crippen molar-refractivity contribution >= 4 is 39.1 Å². The Morgan fingerprint density at radius 2 is 1.95 bits per heavy atom. The molecule has 0 saturated heterocycles. The van der Waals surface area contributed by atoms with E-state index in [2.05, 4.69) is 10.6 Å². The van der Waals surface area contributed by atoms with Crippen LogP contribution in [0.1, 0.15) is 49.4 Å². The van der Waals surface area contributed by atoms with Gasteiger partial charge in [0.25, 0.3) is 0 Å². The van der Waals surface area contributed by atoms with Gasteiger partial charge in [0.05, 0.1) is 10.6 Å². The highest BCUT2D eigenvalue weighted by Gasteiger charge is 2.20. The lowest BCUT2D eigenvalue weighted by Gasteiger charge is -2.07. The molecule has 1 aliphatic rings. The molecule has 0 unspecified atom stereocenters. The average molecular weight is 309 g/mol. The first-order valence-corrected chi connectivity index (χ1v) is 7.78. The quantitative estimate of drug-likeness (QED) is 0.729. The van der Waals surface area contributed by atoms with E-state index < -0.39 is 6.03 Å². The second-order valence-corrected chi connectivity index (χ2v) is 6.35. The molecule has 1 aromatic rings. The lowest BCUT2D eigenvalue weighted by molar-refractivity contribution is -0.117. The van der Waals surface area contributed by atoms with E-state index in [0.29, 0.717) is 27.9 Å². The van der Waals surface area contributed by atoms with Gasteiger partial charge in [-0.3, -0.25) is 14.9 Å². The molecule has 6 nitrogen and oxygen atoms in total. The van der Waals surface area contributed by atoms with Crippen molar-refractivity contribution < 1.29 is 14.4 Å². The molecule has 21 heavy (non-hydrogen) atoms. The van der Waals surface area contributed by atoms with Gasteiger partial charge in [-0.1, -0.05) is 24.2 Å². The molecule has 1 fully saturated rings. The second kappa shape index (κ2) is 6.71. The van der Waals surface area contributed by atoms with Gasteiger partial charge in [0.15, 0.2) is 5.78 Å². The molecule has 2 rings (SSSR count). The van der Waals surface area contributed by atoms with Crippen molar-refractivity contribution in [2.45, 2.75) is 39.0 Å². The summed E-state index contributed by atoms with van der Waals surface area (Å²) in [7, 11) is 0. The number of nitrogens with two attached hydrogens (primary N) is 1. The van der Waals surface area contributed by atoms with Gasteiger partial charge in [0.2, 0.25) is 5.91 Å². The Bertz CT molecular complexity index is 562. The Labute approximate surface area is 127 Å². The normalized spacial score (nSPS) is 14.9. The number of anilines is 2. The predicted octanol–water partition coefficient (Wildman–Crippen LogP) is 2.96. The van der Waals surface area contributed by atoms with E-state index in [1.165, 1.54) is 19.8 Å². The van der Waals surface area contributed by atoms with Gasteiger partial charge in [-0.25, -0.2) is 4.79 Å². The van der Waals surface area contributed by atoms with Crippen LogP contribution in [0.2, 0.25) is 0 Å². The monoisotopic (exact) mass is 309 g/mol. The van der Waals surface area contributed by atoms with E-state index in [1.807, 2.05) is 0 Å². The second-order valence-electron chi connectivity index (χ2n) is 5.30. The number of Topliss-reactive ketones (excluding diaryl/α,β-unsaturated/α-hetero) is 1. The summed E-state index contributed by atoms with van der Waals surface area (Å²) in [6.45, 7) is 1.40. The number of carbonyl (C=O) groups excluding carboxylic acids is 3. The van der Waals surface area contributed by atoms with Gasteiger partial charge < -0.3 is 11.1 Å². The molecule has 7 heteroatoms. The van der Waals surface area contributed by atoms with Gasteiger partial charge >= 0.3 is 6.03 Å². The number of thiophene rings is 1. The van der Waals surface area contributed by atoms with Crippen LogP contribution in [-0.4, -0.2) is 17.7 Å². The van der Waals surface area contributed by atoms with Crippen molar-refractivity contribution in [3.05, 3.63) is 11.6 Å². The van der Waals surface area contributed by atoms with E-state index in [9.17, 15) is 14.4 Å².